The highest BCUT2D eigenvalue weighted by Crippen LogP contribution is 2.38. The molecular formula is C15H26IN3O4. The molecule has 1 rings (SSSR count). The van der Waals surface area contributed by atoms with Gasteiger partial charge in [0.25, 0.3) is 0 Å². The first-order chi connectivity index (χ1) is 10.7. The van der Waals surface area contributed by atoms with Crippen molar-refractivity contribution < 1.29 is 19.3 Å². The van der Waals surface area contributed by atoms with Gasteiger partial charge in [0.1, 0.15) is 0 Å². The summed E-state index contributed by atoms with van der Waals surface area (Å²) >= 11 is 0. The standard InChI is InChI=1S/C15H25N3O4.HI/c1-5-16-15(17-6-7-19)18-10-11-8-12(20-2)14(22-4)13(9-11)21-3;/h8-9,19H,5-7,10H2,1-4H3,(H2,16,17,18);1H. The lowest BCUT2D eigenvalue weighted by Crippen LogP contribution is -2.38. The van der Waals surface area contributed by atoms with Crippen molar-refractivity contribution in [3.05, 3.63) is 17.7 Å². The van der Waals surface area contributed by atoms with Crippen LogP contribution in [0.1, 0.15) is 12.5 Å². The van der Waals surface area contributed by atoms with Crippen LogP contribution in [0.5, 0.6) is 17.2 Å². The number of hydrogen-bond donors (Lipinski definition) is 3. The van der Waals surface area contributed by atoms with E-state index in [4.69, 9.17) is 19.3 Å². The van der Waals surface area contributed by atoms with Gasteiger partial charge < -0.3 is 30.0 Å². The van der Waals surface area contributed by atoms with Gasteiger partial charge in [0.05, 0.1) is 34.5 Å². The van der Waals surface area contributed by atoms with Gasteiger partial charge in [0.15, 0.2) is 17.5 Å². The number of aliphatic imine (C=N–C) groups is 1. The number of halogens is 1. The Hall–Kier alpha value is -1.42. The molecule has 132 valence electrons. The number of ether oxygens (including phenoxy) is 3. The molecule has 0 atom stereocenters. The second-order valence-corrected chi connectivity index (χ2v) is 4.38. The van der Waals surface area contributed by atoms with Gasteiger partial charge >= 0.3 is 0 Å². The fraction of sp³-hybridized carbons (Fsp3) is 0.533. The van der Waals surface area contributed by atoms with Crippen molar-refractivity contribution in [1.29, 1.82) is 0 Å². The molecule has 0 fully saturated rings. The molecule has 0 radical (unpaired) electrons. The van der Waals surface area contributed by atoms with Crippen LogP contribution in [0, 0.1) is 0 Å². The average Bonchev–Trinajstić information content (AvgIpc) is 2.56. The van der Waals surface area contributed by atoms with E-state index in [2.05, 4.69) is 15.6 Å². The highest BCUT2D eigenvalue weighted by atomic mass is 127. The molecule has 0 aliphatic carbocycles. The Morgan fingerprint density at radius 1 is 1.09 bits per heavy atom. The number of rotatable bonds is 8. The zero-order chi connectivity index (χ0) is 16.4. The van der Waals surface area contributed by atoms with Crippen molar-refractivity contribution in [2.45, 2.75) is 13.5 Å². The summed E-state index contributed by atoms with van der Waals surface area (Å²) in [5.41, 5.74) is 0.927. The van der Waals surface area contributed by atoms with Crippen molar-refractivity contribution in [3.8, 4) is 17.2 Å². The van der Waals surface area contributed by atoms with Gasteiger partial charge in [-0.15, -0.1) is 24.0 Å². The SMILES string of the molecule is CCNC(=NCc1cc(OC)c(OC)c(OC)c1)NCCO.I. The molecular weight excluding hydrogens is 413 g/mol. The lowest BCUT2D eigenvalue weighted by molar-refractivity contribution is 0.300. The molecule has 23 heavy (non-hydrogen) atoms. The Morgan fingerprint density at radius 2 is 1.70 bits per heavy atom. The summed E-state index contributed by atoms with van der Waals surface area (Å²) in [5, 5.41) is 15.0. The fourth-order valence-electron chi connectivity index (χ4n) is 1.91. The molecule has 0 unspecified atom stereocenters. The molecule has 0 saturated carbocycles. The van der Waals surface area contributed by atoms with Crippen molar-refractivity contribution in [3.63, 3.8) is 0 Å². The molecule has 0 amide bonds. The van der Waals surface area contributed by atoms with Crippen LogP contribution in [0.3, 0.4) is 0 Å². The summed E-state index contributed by atoms with van der Waals surface area (Å²) in [6.07, 6.45) is 0. The van der Waals surface area contributed by atoms with E-state index >= 15 is 0 Å². The van der Waals surface area contributed by atoms with Crippen molar-refractivity contribution in [1.82, 2.24) is 10.6 Å². The summed E-state index contributed by atoms with van der Waals surface area (Å²) in [7, 11) is 4.73. The maximum absolute atomic E-state index is 8.87. The van der Waals surface area contributed by atoms with E-state index in [9.17, 15) is 0 Å². The topological polar surface area (TPSA) is 84.3 Å². The maximum Gasteiger partial charge on any atom is 0.203 e. The first-order valence-electron chi connectivity index (χ1n) is 7.12. The Balaban J connectivity index is 0.00000484. The number of nitrogens with one attached hydrogen (secondary N) is 2. The normalized spacial score (nSPS) is 10.6. The summed E-state index contributed by atoms with van der Waals surface area (Å²) in [4.78, 5) is 4.46. The number of methoxy groups -OCH3 is 3. The number of nitrogens with zero attached hydrogens (tertiary/aromatic N) is 1. The van der Waals surface area contributed by atoms with E-state index < -0.39 is 0 Å². The summed E-state index contributed by atoms with van der Waals surface area (Å²) in [5.74, 6) is 2.40. The van der Waals surface area contributed by atoms with Crippen LogP contribution in [0.25, 0.3) is 0 Å². The van der Waals surface area contributed by atoms with E-state index in [0.29, 0.717) is 36.3 Å². The second-order valence-electron chi connectivity index (χ2n) is 4.38. The predicted octanol–water partition coefficient (Wildman–Crippen LogP) is 1.38. The molecule has 0 aromatic heterocycles. The lowest BCUT2D eigenvalue weighted by Gasteiger charge is -2.14. The summed E-state index contributed by atoms with van der Waals surface area (Å²) in [6, 6.07) is 3.72. The van der Waals surface area contributed by atoms with E-state index in [1.807, 2.05) is 19.1 Å². The molecule has 3 N–H and O–H groups in total. The minimum Gasteiger partial charge on any atom is -0.493 e. The molecule has 0 spiro atoms. The van der Waals surface area contributed by atoms with Gasteiger partial charge in [-0.25, -0.2) is 4.99 Å². The Labute approximate surface area is 154 Å². The van der Waals surface area contributed by atoms with Gasteiger partial charge in [-0.1, -0.05) is 0 Å². The maximum atomic E-state index is 8.87. The van der Waals surface area contributed by atoms with Gasteiger partial charge in [0.2, 0.25) is 5.75 Å². The Bertz CT molecular complexity index is 473. The van der Waals surface area contributed by atoms with Crippen LogP contribution in [0.4, 0.5) is 0 Å². The third-order valence-electron chi connectivity index (χ3n) is 2.89. The number of hydrogen-bond acceptors (Lipinski definition) is 5. The predicted molar refractivity (Wildman–Crippen MR) is 101 cm³/mol. The van der Waals surface area contributed by atoms with E-state index in [1.165, 1.54) is 0 Å². The van der Waals surface area contributed by atoms with Crippen LogP contribution >= 0.6 is 24.0 Å². The molecule has 7 nitrogen and oxygen atoms in total. The van der Waals surface area contributed by atoms with Gasteiger partial charge in [0, 0.05) is 13.1 Å². The molecule has 1 aromatic carbocycles. The van der Waals surface area contributed by atoms with E-state index in [0.717, 1.165) is 12.1 Å². The Morgan fingerprint density at radius 3 is 2.13 bits per heavy atom. The molecule has 0 aliphatic rings. The smallest absolute Gasteiger partial charge is 0.203 e. The molecule has 1 aromatic rings. The molecule has 8 heteroatoms. The monoisotopic (exact) mass is 439 g/mol. The van der Waals surface area contributed by atoms with Gasteiger partial charge in [-0.05, 0) is 24.6 Å². The fourth-order valence-corrected chi connectivity index (χ4v) is 1.91. The summed E-state index contributed by atoms with van der Waals surface area (Å²) in [6.45, 7) is 3.66. The first kappa shape index (κ1) is 21.6. The molecule has 0 heterocycles. The zero-order valence-electron chi connectivity index (χ0n) is 14.0. The van der Waals surface area contributed by atoms with Crippen molar-refractivity contribution in [2.75, 3.05) is 41.0 Å². The van der Waals surface area contributed by atoms with E-state index in [1.54, 1.807) is 21.3 Å². The average molecular weight is 439 g/mol. The van der Waals surface area contributed by atoms with Crippen LogP contribution in [0.2, 0.25) is 0 Å². The highest BCUT2D eigenvalue weighted by molar-refractivity contribution is 14.0. The third kappa shape index (κ3) is 6.69. The largest absolute Gasteiger partial charge is 0.493 e. The molecule has 0 saturated heterocycles. The quantitative estimate of drug-likeness (QED) is 0.323. The van der Waals surface area contributed by atoms with Crippen LogP contribution in [0.15, 0.2) is 17.1 Å². The van der Waals surface area contributed by atoms with Crippen LogP contribution in [-0.4, -0.2) is 52.1 Å². The van der Waals surface area contributed by atoms with E-state index in [-0.39, 0.29) is 30.6 Å². The minimum absolute atomic E-state index is 0. The molecule has 0 bridgehead atoms. The number of aliphatic hydroxyl groups excluding tert-OH is 1. The first-order valence-corrected chi connectivity index (χ1v) is 7.12. The van der Waals surface area contributed by atoms with Gasteiger partial charge in [-0.3, -0.25) is 0 Å². The number of guanidine groups is 1. The van der Waals surface area contributed by atoms with Gasteiger partial charge in [-0.2, -0.15) is 0 Å². The van der Waals surface area contributed by atoms with Crippen molar-refractivity contribution >= 4 is 29.9 Å². The third-order valence-corrected chi connectivity index (χ3v) is 2.89. The molecule has 0 aliphatic heterocycles. The summed E-state index contributed by atoms with van der Waals surface area (Å²) < 4.78 is 15.9. The Kier molecular flexibility index (Phi) is 11.3. The second kappa shape index (κ2) is 12.1. The number of benzene rings is 1. The zero-order valence-corrected chi connectivity index (χ0v) is 16.3. The number of aliphatic hydroxyl groups is 1. The highest BCUT2D eigenvalue weighted by Gasteiger charge is 2.12. The van der Waals surface area contributed by atoms with Crippen LogP contribution in [-0.2, 0) is 6.54 Å². The lowest BCUT2D eigenvalue weighted by atomic mass is 10.2. The van der Waals surface area contributed by atoms with Crippen molar-refractivity contribution in [2.24, 2.45) is 4.99 Å². The minimum atomic E-state index is 0. The van der Waals surface area contributed by atoms with Crippen LogP contribution < -0.4 is 24.8 Å².